The lowest BCUT2D eigenvalue weighted by Crippen LogP contribution is -2.51. The zero-order valence-electron chi connectivity index (χ0n) is 23.3. The lowest BCUT2D eigenvalue weighted by atomic mass is 10.0. The number of ether oxygens (including phenoxy) is 2. The van der Waals surface area contributed by atoms with Crippen molar-refractivity contribution in [2.75, 3.05) is 13.2 Å². The summed E-state index contributed by atoms with van der Waals surface area (Å²) in [5, 5.41) is 3.04. The lowest BCUT2D eigenvalue weighted by Gasteiger charge is -2.32. The number of carbonyl (C=O) groups is 2. The highest BCUT2D eigenvalue weighted by Crippen LogP contribution is 2.29. The van der Waals surface area contributed by atoms with Crippen molar-refractivity contribution in [1.29, 1.82) is 0 Å². The smallest absolute Gasteiger partial charge is 0.243 e. The van der Waals surface area contributed by atoms with Gasteiger partial charge in [-0.1, -0.05) is 64.5 Å². The monoisotopic (exact) mass is 594 g/mol. The molecule has 0 saturated carbocycles. The minimum atomic E-state index is -0.652. The van der Waals surface area contributed by atoms with E-state index in [0.29, 0.717) is 44.1 Å². The molecule has 0 aromatic heterocycles. The van der Waals surface area contributed by atoms with Crippen molar-refractivity contribution in [3.8, 4) is 11.5 Å². The van der Waals surface area contributed by atoms with Crippen molar-refractivity contribution in [3.63, 3.8) is 0 Å². The molecule has 3 aromatic carbocycles. The minimum absolute atomic E-state index is 0.0422. The number of benzene rings is 3. The van der Waals surface area contributed by atoms with Crippen LogP contribution in [0.2, 0.25) is 0 Å². The number of hydrogen-bond acceptors (Lipinski definition) is 4. The van der Waals surface area contributed by atoms with Gasteiger partial charge >= 0.3 is 0 Å². The van der Waals surface area contributed by atoms with Crippen LogP contribution in [0, 0.1) is 0 Å². The van der Waals surface area contributed by atoms with Gasteiger partial charge in [-0.15, -0.1) is 0 Å². The Hall–Kier alpha value is -3.32. The molecular weight excluding hydrogens is 556 g/mol. The second kappa shape index (κ2) is 15.3. The first-order chi connectivity index (χ1) is 18.8. The summed E-state index contributed by atoms with van der Waals surface area (Å²) in [6, 6.07) is 22.8. The summed E-state index contributed by atoms with van der Waals surface area (Å²) in [5.74, 6) is 1.13. The fourth-order valence-corrected chi connectivity index (χ4v) is 4.86. The summed E-state index contributed by atoms with van der Waals surface area (Å²) >= 11 is 3.53. The summed E-state index contributed by atoms with van der Waals surface area (Å²) in [6.07, 6.45) is 1.20. The van der Waals surface area contributed by atoms with E-state index in [4.69, 9.17) is 9.47 Å². The van der Waals surface area contributed by atoms with E-state index in [-0.39, 0.29) is 24.3 Å². The molecule has 0 bridgehead atoms. The largest absolute Gasteiger partial charge is 0.490 e. The number of hydrogen-bond donors (Lipinski definition) is 1. The molecule has 39 heavy (non-hydrogen) atoms. The Morgan fingerprint density at radius 2 is 1.54 bits per heavy atom. The van der Waals surface area contributed by atoms with Crippen LogP contribution in [0.4, 0.5) is 0 Å². The molecule has 0 radical (unpaired) electrons. The van der Waals surface area contributed by atoms with E-state index in [2.05, 4.69) is 21.2 Å². The highest BCUT2D eigenvalue weighted by molar-refractivity contribution is 9.10. The first-order valence-corrected chi connectivity index (χ1v) is 14.4. The molecule has 1 N–H and O–H groups in total. The molecular formula is C32H39BrN2O4. The van der Waals surface area contributed by atoms with Crippen molar-refractivity contribution in [1.82, 2.24) is 10.2 Å². The van der Waals surface area contributed by atoms with Crippen molar-refractivity contribution < 1.29 is 19.1 Å². The van der Waals surface area contributed by atoms with E-state index in [9.17, 15) is 9.59 Å². The maximum Gasteiger partial charge on any atom is 0.243 e. The van der Waals surface area contributed by atoms with Gasteiger partial charge in [0.15, 0.2) is 11.5 Å². The van der Waals surface area contributed by atoms with E-state index < -0.39 is 6.04 Å². The summed E-state index contributed by atoms with van der Waals surface area (Å²) < 4.78 is 12.4. The van der Waals surface area contributed by atoms with Gasteiger partial charge in [0.25, 0.3) is 0 Å². The Morgan fingerprint density at radius 3 is 2.21 bits per heavy atom. The van der Waals surface area contributed by atoms with Gasteiger partial charge in [-0.05, 0) is 75.1 Å². The normalized spacial score (nSPS) is 11.6. The Kier molecular flexibility index (Phi) is 11.9. The number of halogens is 1. The molecule has 2 amide bonds. The first kappa shape index (κ1) is 30.2. The zero-order valence-corrected chi connectivity index (χ0v) is 24.9. The van der Waals surface area contributed by atoms with Gasteiger partial charge < -0.3 is 19.7 Å². The number of rotatable bonds is 14. The van der Waals surface area contributed by atoms with Crippen LogP contribution in [-0.4, -0.2) is 42.0 Å². The second-order valence-electron chi connectivity index (χ2n) is 9.67. The molecule has 0 aliphatic heterocycles. The third kappa shape index (κ3) is 9.43. The van der Waals surface area contributed by atoms with Gasteiger partial charge in [-0.25, -0.2) is 0 Å². The third-order valence-corrected chi connectivity index (χ3v) is 6.67. The van der Waals surface area contributed by atoms with Crippen LogP contribution >= 0.6 is 15.9 Å². The van der Waals surface area contributed by atoms with Crippen LogP contribution in [-0.2, 0) is 29.0 Å². The van der Waals surface area contributed by atoms with Crippen LogP contribution in [0.25, 0.3) is 0 Å². The first-order valence-electron chi connectivity index (χ1n) is 13.6. The summed E-state index contributed by atoms with van der Waals surface area (Å²) in [6.45, 7) is 9.12. The maximum atomic E-state index is 13.9. The molecule has 0 saturated heterocycles. The number of nitrogens with one attached hydrogen (secondary N) is 1. The number of aryl methyl sites for hydroxylation is 1. The summed E-state index contributed by atoms with van der Waals surface area (Å²) in [5.41, 5.74) is 2.93. The molecule has 6 nitrogen and oxygen atoms in total. The second-order valence-corrected chi connectivity index (χ2v) is 10.6. The predicted octanol–water partition coefficient (Wildman–Crippen LogP) is 6.34. The van der Waals surface area contributed by atoms with Gasteiger partial charge in [0, 0.05) is 29.9 Å². The molecule has 0 spiro atoms. The van der Waals surface area contributed by atoms with Gasteiger partial charge in [0.1, 0.15) is 6.04 Å². The fraction of sp³-hybridized carbons (Fsp3) is 0.375. The average molecular weight is 596 g/mol. The highest BCUT2D eigenvalue weighted by atomic mass is 79.9. The molecule has 7 heteroatoms. The van der Waals surface area contributed by atoms with Crippen LogP contribution in [0.1, 0.15) is 50.8 Å². The van der Waals surface area contributed by atoms with Crippen molar-refractivity contribution in [2.24, 2.45) is 0 Å². The predicted molar refractivity (Wildman–Crippen MR) is 159 cm³/mol. The number of carbonyl (C=O) groups excluding carboxylic acids is 2. The molecule has 0 fully saturated rings. The average Bonchev–Trinajstić information content (AvgIpc) is 2.91. The van der Waals surface area contributed by atoms with E-state index >= 15 is 0 Å². The van der Waals surface area contributed by atoms with Crippen LogP contribution in [0.15, 0.2) is 77.3 Å². The van der Waals surface area contributed by atoms with Crippen molar-refractivity contribution >= 4 is 27.7 Å². The third-order valence-electron chi connectivity index (χ3n) is 6.18. The van der Waals surface area contributed by atoms with E-state index in [1.54, 1.807) is 4.90 Å². The molecule has 0 aliphatic rings. The maximum absolute atomic E-state index is 13.9. The van der Waals surface area contributed by atoms with Crippen LogP contribution in [0.3, 0.4) is 0 Å². The summed E-state index contributed by atoms with van der Waals surface area (Å²) in [4.78, 5) is 29.1. The van der Waals surface area contributed by atoms with E-state index in [1.165, 1.54) is 0 Å². The molecule has 0 heterocycles. The lowest BCUT2D eigenvalue weighted by molar-refractivity contribution is -0.141. The Bertz CT molecular complexity index is 1220. The van der Waals surface area contributed by atoms with Gasteiger partial charge in [0.2, 0.25) is 11.8 Å². The Morgan fingerprint density at radius 1 is 0.846 bits per heavy atom. The highest BCUT2D eigenvalue weighted by Gasteiger charge is 2.30. The number of nitrogens with zero attached hydrogens (tertiary/aromatic N) is 1. The Labute approximate surface area is 240 Å². The number of amides is 2. The van der Waals surface area contributed by atoms with Crippen molar-refractivity contribution in [2.45, 2.75) is 65.6 Å². The molecule has 0 unspecified atom stereocenters. The Balaban J connectivity index is 1.90. The fourth-order valence-electron chi connectivity index (χ4n) is 4.41. The van der Waals surface area contributed by atoms with Gasteiger partial charge in [-0.2, -0.15) is 0 Å². The SMILES string of the molecule is CCOc1ccc(CCC(=O)N(Cc2cccc(Br)c2)[C@@H](Cc2ccccc2)C(=O)NC(C)C)cc1OCC. The van der Waals surface area contributed by atoms with Crippen LogP contribution < -0.4 is 14.8 Å². The summed E-state index contributed by atoms with van der Waals surface area (Å²) in [7, 11) is 0. The molecule has 1 atom stereocenters. The molecule has 3 aromatic rings. The van der Waals surface area contributed by atoms with Gasteiger partial charge in [0.05, 0.1) is 13.2 Å². The van der Waals surface area contributed by atoms with Gasteiger partial charge in [-0.3, -0.25) is 9.59 Å². The topological polar surface area (TPSA) is 67.9 Å². The quantitative estimate of drug-likeness (QED) is 0.236. The van der Waals surface area contributed by atoms with E-state index in [1.807, 2.05) is 100 Å². The molecule has 0 aliphatic carbocycles. The van der Waals surface area contributed by atoms with Crippen molar-refractivity contribution in [3.05, 3.63) is 94.0 Å². The zero-order chi connectivity index (χ0) is 28.2. The minimum Gasteiger partial charge on any atom is -0.490 e. The van der Waals surface area contributed by atoms with E-state index in [0.717, 1.165) is 21.2 Å². The molecule has 3 rings (SSSR count). The van der Waals surface area contributed by atoms with Crippen LogP contribution in [0.5, 0.6) is 11.5 Å². The molecule has 208 valence electrons. The standard InChI is InChI=1S/C32H39BrN2O4/c1-5-38-29-17-15-25(21-30(29)39-6-2)16-18-31(36)35(22-26-13-10-14-27(33)19-26)28(32(37)34-23(3)4)20-24-11-8-7-9-12-24/h7-15,17,19,21,23,28H,5-6,16,18,20,22H2,1-4H3,(H,34,37)/t28-/m0/s1.